The SMILES string of the molecule is CCS(=O)(=O)c1c(-c2nc3cc(C(F)(F)F)ccc3n2C)nc2n1CCC(C)C2. The third-order valence-electron chi connectivity index (χ3n) is 5.47. The Morgan fingerprint density at radius 2 is 1.97 bits per heavy atom. The van der Waals surface area contributed by atoms with Gasteiger partial charge in [0.1, 0.15) is 11.5 Å². The zero-order valence-electron chi connectivity index (χ0n) is 16.3. The van der Waals surface area contributed by atoms with Gasteiger partial charge in [0.05, 0.1) is 22.3 Å². The van der Waals surface area contributed by atoms with Crippen LogP contribution in [-0.4, -0.2) is 33.3 Å². The van der Waals surface area contributed by atoms with Gasteiger partial charge in [0.2, 0.25) is 0 Å². The molecule has 29 heavy (non-hydrogen) atoms. The second-order valence-electron chi connectivity index (χ2n) is 7.53. The predicted molar refractivity (Wildman–Crippen MR) is 102 cm³/mol. The van der Waals surface area contributed by atoms with Gasteiger partial charge in [-0.05, 0) is 30.5 Å². The van der Waals surface area contributed by atoms with E-state index in [1.165, 1.54) is 6.07 Å². The van der Waals surface area contributed by atoms with Crippen LogP contribution in [0, 0.1) is 5.92 Å². The van der Waals surface area contributed by atoms with E-state index in [1.54, 1.807) is 23.1 Å². The number of imidazole rings is 2. The number of alkyl halides is 3. The fraction of sp³-hybridized carbons (Fsp3) is 0.474. The Balaban J connectivity index is 1.97. The van der Waals surface area contributed by atoms with E-state index in [4.69, 9.17) is 0 Å². The average Bonchev–Trinajstić information content (AvgIpc) is 3.18. The van der Waals surface area contributed by atoms with E-state index in [0.29, 0.717) is 30.2 Å². The molecule has 0 amide bonds. The van der Waals surface area contributed by atoms with Crippen LogP contribution in [0.25, 0.3) is 22.6 Å². The molecule has 4 rings (SSSR count). The molecule has 156 valence electrons. The maximum absolute atomic E-state index is 13.1. The highest BCUT2D eigenvalue weighted by atomic mass is 32.2. The van der Waals surface area contributed by atoms with E-state index in [-0.39, 0.29) is 27.8 Å². The summed E-state index contributed by atoms with van der Waals surface area (Å²) in [6.07, 6.45) is -2.99. The molecular weight excluding hydrogens is 405 g/mol. The van der Waals surface area contributed by atoms with Crippen LogP contribution in [0.3, 0.4) is 0 Å². The number of aryl methyl sites for hydroxylation is 1. The summed E-state index contributed by atoms with van der Waals surface area (Å²) in [5.41, 5.74) is 0.0425. The van der Waals surface area contributed by atoms with Gasteiger partial charge in [0.15, 0.2) is 20.7 Å². The van der Waals surface area contributed by atoms with E-state index in [9.17, 15) is 21.6 Å². The van der Waals surface area contributed by atoms with Crippen molar-refractivity contribution in [3.05, 3.63) is 29.6 Å². The molecule has 3 aromatic rings. The van der Waals surface area contributed by atoms with Crippen LogP contribution in [0.4, 0.5) is 13.2 Å². The number of nitrogens with zero attached hydrogens (tertiary/aromatic N) is 4. The Kier molecular flexibility index (Phi) is 4.52. The van der Waals surface area contributed by atoms with Crippen LogP contribution < -0.4 is 0 Å². The second-order valence-corrected chi connectivity index (χ2v) is 9.72. The molecule has 10 heteroatoms. The molecule has 0 radical (unpaired) electrons. The maximum atomic E-state index is 13.1. The summed E-state index contributed by atoms with van der Waals surface area (Å²) in [7, 11) is -1.96. The number of sulfone groups is 1. The molecule has 1 atom stereocenters. The lowest BCUT2D eigenvalue weighted by Crippen LogP contribution is -2.21. The fourth-order valence-electron chi connectivity index (χ4n) is 3.82. The predicted octanol–water partition coefficient (Wildman–Crippen LogP) is 3.83. The van der Waals surface area contributed by atoms with Crippen molar-refractivity contribution >= 4 is 20.9 Å². The first-order valence-electron chi connectivity index (χ1n) is 9.39. The first-order chi connectivity index (χ1) is 13.5. The Bertz CT molecular complexity index is 1210. The smallest absolute Gasteiger partial charge is 0.326 e. The van der Waals surface area contributed by atoms with E-state index in [0.717, 1.165) is 18.6 Å². The van der Waals surface area contributed by atoms with Gasteiger partial charge >= 0.3 is 6.18 Å². The molecule has 2 aromatic heterocycles. The zero-order valence-corrected chi connectivity index (χ0v) is 17.1. The lowest BCUT2D eigenvalue weighted by molar-refractivity contribution is -0.137. The number of aromatic nitrogens is 4. The van der Waals surface area contributed by atoms with Crippen LogP contribution in [0.5, 0.6) is 0 Å². The minimum atomic E-state index is -4.48. The lowest BCUT2D eigenvalue weighted by Gasteiger charge is -2.21. The van der Waals surface area contributed by atoms with E-state index in [2.05, 4.69) is 16.9 Å². The lowest BCUT2D eigenvalue weighted by atomic mass is 10.0. The van der Waals surface area contributed by atoms with Gasteiger partial charge in [-0.3, -0.25) is 0 Å². The maximum Gasteiger partial charge on any atom is 0.416 e. The average molecular weight is 426 g/mol. The molecule has 3 heterocycles. The van der Waals surface area contributed by atoms with E-state index in [1.807, 2.05) is 0 Å². The third kappa shape index (κ3) is 3.23. The quantitative estimate of drug-likeness (QED) is 0.638. The van der Waals surface area contributed by atoms with Gasteiger partial charge in [0.25, 0.3) is 0 Å². The van der Waals surface area contributed by atoms with Crippen LogP contribution in [0.1, 0.15) is 31.7 Å². The van der Waals surface area contributed by atoms with Gasteiger partial charge in [-0.1, -0.05) is 13.8 Å². The van der Waals surface area contributed by atoms with Gasteiger partial charge in [0, 0.05) is 20.0 Å². The molecule has 0 bridgehead atoms. The summed E-state index contributed by atoms with van der Waals surface area (Å²) in [5.74, 6) is 1.21. The third-order valence-corrected chi connectivity index (χ3v) is 7.23. The Labute approximate surface area is 166 Å². The zero-order chi connectivity index (χ0) is 21.1. The molecule has 0 saturated heterocycles. The van der Waals surface area contributed by atoms with Crippen molar-refractivity contribution in [3.8, 4) is 11.5 Å². The van der Waals surface area contributed by atoms with Gasteiger partial charge < -0.3 is 9.13 Å². The number of halogens is 3. The van der Waals surface area contributed by atoms with Crippen LogP contribution in [0.15, 0.2) is 23.2 Å². The van der Waals surface area contributed by atoms with Crippen molar-refractivity contribution in [3.63, 3.8) is 0 Å². The summed E-state index contributed by atoms with van der Waals surface area (Å²) in [6, 6.07) is 3.32. The molecular formula is C19H21F3N4O2S. The number of rotatable bonds is 3. The monoisotopic (exact) mass is 426 g/mol. The largest absolute Gasteiger partial charge is 0.416 e. The normalized spacial score (nSPS) is 17.7. The van der Waals surface area contributed by atoms with Crippen LogP contribution in [-0.2, 0) is 36.0 Å². The standard InChI is InChI=1S/C19H21F3N4O2S/c1-4-29(27,28)18-16(24-15-9-11(2)7-8-26(15)18)17-23-13-10-12(19(20,21)22)5-6-14(13)25(17)3/h5-6,10-11H,4,7-9H2,1-3H3. The topological polar surface area (TPSA) is 69.8 Å². The van der Waals surface area contributed by atoms with E-state index >= 15 is 0 Å². The van der Waals surface area contributed by atoms with Gasteiger partial charge in [-0.15, -0.1) is 0 Å². The Morgan fingerprint density at radius 1 is 1.24 bits per heavy atom. The molecule has 1 unspecified atom stereocenters. The number of hydrogen-bond acceptors (Lipinski definition) is 4. The van der Waals surface area contributed by atoms with Gasteiger partial charge in [-0.2, -0.15) is 13.2 Å². The van der Waals surface area contributed by atoms with Crippen molar-refractivity contribution in [2.24, 2.45) is 13.0 Å². The summed E-state index contributed by atoms with van der Waals surface area (Å²) >= 11 is 0. The first-order valence-corrected chi connectivity index (χ1v) is 11.0. The van der Waals surface area contributed by atoms with Crippen molar-refractivity contribution in [1.82, 2.24) is 19.1 Å². The van der Waals surface area contributed by atoms with Crippen molar-refractivity contribution in [1.29, 1.82) is 0 Å². The first kappa shape index (κ1) is 19.9. The highest BCUT2D eigenvalue weighted by molar-refractivity contribution is 7.91. The molecule has 1 aliphatic heterocycles. The molecule has 6 nitrogen and oxygen atoms in total. The minimum Gasteiger partial charge on any atom is -0.326 e. The fourth-order valence-corrected chi connectivity index (χ4v) is 5.05. The van der Waals surface area contributed by atoms with Crippen LogP contribution >= 0.6 is 0 Å². The highest BCUT2D eigenvalue weighted by Crippen LogP contribution is 2.36. The molecule has 0 spiro atoms. The van der Waals surface area contributed by atoms with E-state index < -0.39 is 21.6 Å². The molecule has 1 aliphatic rings. The molecule has 0 N–H and O–H groups in total. The van der Waals surface area contributed by atoms with Crippen molar-refractivity contribution in [2.45, 2.75) is 44.4 Å². The van der Waals surface area contributed by atoms with Crippen molar-refractivity contribution < 1.29 is 21.6 Å². The highest BCUT2D eigenvalue weighted by Gasteiger charge is 2.34. The molecule has 0 fully saturated rings. The molecule has 0 saturated carbocycles. The minimum absolute atomic E-state index is 0.0944. The molecule has 0 aliphatic carbocycles. The number of fused-ring (bicyclic) bond motifs is 2. The summed E-state index contributed by atoms with van der Waals surface area (Å²) in [4.78, 5) is 8.94. The summed E-state index contributed by atoms with van der Waals surface area (Å²) in [5, 5.41) is 0.108. The second kappa shape index (κ2) is 6.58. The Morgan fingerprint density at radius 3 is 2.62 bits per heavy atom. The summed E-state index contributed by atoms with van der Waals surface area (Å²) in [6.45, 7) is 4.19. The number of benzene rings is 1. The number of hydrogen-bond donors (Lipinski definition) is 0. The van der Waals surface area contributed by atoms with Crippen molar-refractivity contribution in [2.75, 3.05) is 5.75 Å². The summed E-state index contributed by atoms with van der Waals surface area (Å²) < 4.78 is 68.3. The van der Waals surface area contributed by atoms with Crippen LogP contribution in [0.2, 0.25) is 0 Å². The molecule has 1 aromatic carbocycles. The Hall–Kier alpha value is -2.36. The van der Waals surface area contributed by atoms with Gasteiger partial charge in [-0.25, -0.2) is 18.4 Å².